The van der Waals surface area contributed by atoms with Crippen LogP contribution in [-0.2, 0) is 9.53 Å². The van der Waals surface area contributed by atoms with E-state index in [0.717, 1.165) is 0 Å². The Bertz CT molecular complexity index is 520. The fraction of sp³-hybridized carbons (Fsp3) is 0.286. The van der Waals surface area contributed by atoms with E-state index < -0.39 is 0 Å². The number of anilines is 1. The maximum atomic E-state index is 12.2. The third-order valence-corrected chi connectivity index (χ3v) is 2.84. The molecule has 0 spiro atoms. The summed E-state index contributed by atoms with van der Waals surface area (Å²) in [6.45, 7) is 4.63. The van der Waals surface area contributed by atoms with Gasteiger partial charge in [0.2, 0.25) is 5.78 Å². The molecule has 0 N–H and O–H groups in total. The first-order valence-electron chi connectivity index (χ1n) is 5.98. The Morgan fingerprint density at radius 3 is 2.61 bits per heavy atom. The minimum atomic E-state index is -0.297. The molecule has 94 valence electrons. The predicted octanol–water partition coefficient (Wildman–Crippen LogP) is 2.16. The summed E-state index contributed by atoms with van der Waals surface area (Å²) in [6.07, 6.45) is 1.27. The van der Waals surface area contributed by atoms with Crippen molar-refractivity contribution >= 4 is 17.4 Å². The smallest absolute Gasteiger partial charge is 0.265 e. The topological polar surface area (TPSA) is 46.6 Å². The van der Waals surface area contributed by atoms with Gasteiger partial charge in [0.15, 0.2) is 0 Å². The Morgan fingerprint density at radius 2 is 1.94 bits per heavy atom. The summed E-state index contributed by atoms with van der Waals surface area (Å²) in [5.74, 6) is -0.566. The number of rotatable bonds is 3. The van der Waals surface area contributed by atoms with Gasteiger partial charge in [-0.05, 0) is 26.0 Å². The van der Waals surface area contributed by atoms with Crippen molar-refractivity contribution in [1.82, 2.24) is 0 Å². The second-order valence-corrected chi connectivity index (χ2v) is 3.88. The molecule has 4 nitrogen and oxygen atoms in total. The van der Waals surface area contributed by atoms with E-state index >= 15 is 0 Å². The highest BCUT2D eigenvalue weighted by Crippen LogP contribution is 2.29. The molecule has 0 fully saturated rings. The quantitative estimate of drug-likeness (QED) is 0.465. The highest BCUT2D eigenvalue weighted by atomic mass is 16.5. The van der Waals surface area contributed by atoms with E-state index in [1.807, 2.05) is 13.0 Å². The van der Waals surface area contributed by atoms with Crippen molar-refractivity contribution in [3.8, 4) is 0 Å². The molecular weight excluding hydrogens is 230 g/mol. The number of amides is 1. The van der Waals surface area contributed by atoms with Crippen LogP contribution < -0.4 is 4.90 Å². The third-order valence-electron chi connectivity index (χ3n) is 2.84. The van der Waals surface area contributed by atoms with Gasteiger partial charge in [-0.15, -0.1) is 0 Å². The molecule has 0 radical (unpaired) electrons. The highest BCUT2D eigenvalue weighted by Gasteiger charge is 2.33. The van der Waals surface area contributed by atoms with Crippen LogP contribution in [0.3, 0.4) is 0 Å². The number of ketones is 1. The van der Waals surface area contributed by atoms with Crippen molar-refractivity contribution in [3.63, 3.8) is 0 Å². The molecule has 18 heavy (non-hydrogen) atoms. The zero-order chi connectivity index (χ0) is 13.1. The summed E-state index contributed by atoms with van der Waals surface area (Å²) < 4.78 is 5.09. The summed E-state index contributed by atoms with van der Waals surface area (Å²) in [4.78, 5) is 26.0. The van der Waals surface area contributed by atoms with Crippen LogP contribution in [0.5, 0.6) is 0 Å². The number of hydrogen-bond acceptors (Lipinski definition) is 3. The van der Waals surface area contributed by atoms with Gasteiger partial charge in [-0.2, -0.15) is 0 Å². The maximum Gasteiger partial charge on any atom is 0.265 e. The largest absolute Gasteiger partial charge is 0.501 e. The van der Waals surface area contributed by atoms with Crippen molar-refractivity contribution in [1.29, 1.82) is 0 Å². The van der Waals surface area contributed by atoms with E-state index in [-0.39, 0.29) is 17.3 Å². The van der Waals surface area contributed by atoms with Crippen LogP contribution in [-0.4, -0.2) is 24.8 Å². The van der Waals surface area contributed by atoms with E-state index in [4.69, 9.17) is 4.74 Å². The molecular formula is C14H15NO3. The summed E-state index contributed by atoms with van der Waals surface area (Å²) >= 11 is 0. The lowest BCUT2D eigenvalue weighted by molar-refractivity contribution is -0.115. The van der Waals surface area contributed by atoms with Gasteiger partial charge in [0.25, 0.3) is 5.91 Å². The number of ether oxygens (including phenoxy) is 1. The molecule has 0 saturated carbocycles. The number of carbonyl (C=O) groups excluding carboxylic acids is 2. The summed E-state index contributed by atoms with van der Waals surface area (Å²) in [5.41, 5.74) is 1.31. The Kier molecular flexibility index (Phi) is 3.46. The van der Waals surface area contributed by atoms with Gasteiger partial charge in [0.05, 0.1) is 18.6 Å². The monoisotopic (exact) mass is 245 g/mol. The lowest BCUT2D eigenvalue weighted by Gasteiger charge is -2.28. The van der Waals surface area contributed by atoms with E-state index in [1.54, 1.807) is 30.0 Å². The molecule has 2 rings (SSSR count). The number of para-hydroxylation sites is 1. The van der Waals surface area contributed by atoms with Crippen molar-refractivity contribution in [2.24, 2.45) is 0 Å². The van der Waals surface area contributed by atoms with Gasteiger partial charge in [0.1, 0.15) is 5.57 Å². The minimum absolute atomic E-state index is 0.0948. The summed E-state index contributed by atoms with van der Waals surface area (Å²) in [6, 6.07) is 7.12. The number of hydrogen-bond donors (Lipinski definition) is 0. The van der Waals surface area contributed by atoms with Crippen molar-refractivity contribution in [2.45, 2.75) is 13.8 Å². The first kappa shape index (κ1) is 12.4. The van der Waals surface area contributed by atoms with Crippen molar-refractivity contribution in [2.75, 3.05) is 18.1 Å². The van der Waals surface area contributed by atoms with Gasteiger partial charge < -0.3 is 9.64 Å². The van der Waals surface area contributed by atoms with Gasteiger partial charge in [-0.3, -0.25) is 9.59 Å². The van der Waals surface area contributed by atoms with Crippen molar-refractivity contribution < 1.29 is 14.3 Å². The van der Waals surface area contributed by atoms with E-state index in [9.17, 15) is 9.59 Å². The Hall–Kier alpha value is -2.10. The molecule has 1 heterocycles. The van der Waals surface area contributed by atoms with Crippen LogP contribution >= 0.6 is 0 Å². The number of benzene rings is 1. The average Bonchev–Trinajstić information content (AvgIpc) is 2.39. The molecule has 0 atom stereocenters. The van der Waals surface area contributed by atoms with Gasteiger partial charge in [0, 0.05) is 12.1 Å². The van der Waals surface area contributed by atoms with Crippen LogP contribution in [0.25, 0.3) is 0 Å². The molecule has 4 heteroatoms. The van der Waals surface area contributed by atoms with E-state index in [1.165, 1.54) is 6.26 Å². The fourth-order valence-corrected chi connectivity index (χ4v) is 1.98. The maximum absolute atomic E-state index is 12.2. The molecule has 1 aliphatic rings. The molecule has 1 amide bonds. The van der Waals surface area contributed by atoms with Crippen molar-refractivity contribution in [3.05, 3.63) is 41.7 Å². The number of fused-ring (bicyclic) bond motifs is 1. The predicted molar refractivity (Wildman–Crippen MR) is 68.5 cm³/mol. The molecule has 0 saturated heterocycles. The Labute approximate surface area is 106 Å². The Morgan fingerprint density at radius 1 is 1.22 bits per heavy atom. The number of carbonyl (C=O) groups is 2. The van der Waals surface area contributed by atoms with Crippen LogP contribution in [0.2, 0.25) is 0 Å². The second kappa shape index (κ2) is 5.04. The average molecular weight is 245 g/mol. The lowest BCUT2D eigenvalue weighted by atomic mass is 9.96. The minimum Gasteiger partial charge on any atom is -0.501 e. The molecule has 0 aromatic heterocycles. The van der Waals surface area contributed by atoms with Gasteiger partial charge in [-0.25, -0.2) is 0 Å². The highest BCUT2D eigenvalue weighted by molar-refractivity contribution is 6.34. The van der Waals surface area contributed by atoms with Crippen LogP contribution in [0.4, 0.5) is 5.69 Å². The van der Waals surface area contributed by atoms with E-state index in [2.05, 4.69) is 0 Å². The van der Waals surface area contributed by atoms with E-state index in [0.29, 0.717) is 24.4 Å². The SMILES string of the molecule is CCO/C=C1/C(=O)c2ccccc2N(CC)C1=O. The molecule has 0 unspecified atom stereocenters. The summed E-state index contributed by atoms with van der Waals surface area (Å²) in [7, 11) is 0. The summed E-state index contributed by atoms with van der Waals surface area (Å²) in [5, 5.41) is 0. The number of Topliss-reactive ketones (excluding diaryl/α,β-unsaturated/α-hetero) is 1. The third kappa shape index (κ3) is 1.90. The molecule has 1 aliphatic heterocycles. The first-order chi connectivity index (χ1) is 8.70. The van der Waals surface area contributed by atoms with Gasteiger partial charge in [-0.1, -0.05) is 12.1 Å². The van der Waals surface area contributed by atoms with Crippen LogP contribution in [0, 0.1) is 0 Å². The standard InChI is InChI=1S/C14H15NO3/c1-3-15-12-8-6-5-7-10(12)13(16)11(14(15)17)9-18-4-2/h5-9H,3-4H2,1-2H3/b11-9-. The first-order valence-corrected chi connectivity index (χ1v) is 5.98. The molecule has 0 bridgehead atoms. The van der Waals surface area contributed by atoms with Crippen LogP contribution in [0.15, 0.2) is 36.1 Å². The zero-order valence-corrected chi connectivity index (χ0v) is 10.5. The number of likely N-dealkylation sites (N-methyl/N-ethyl adjacent to an activating group) is 1. The number of nitrogens with zero attached hydrogens (tertiary/aromatic N) is 1. The lowest BCUT2D eigenvalue weighted by Crippen LogP contribution is -2.39. The zero-order valence-electron chi connectivity index (χ0n) is 10.5. The van der Waals surface area contributed by atoms with Gasteiger partial charge >= 0.3 is 0 Å². The van der Waals surface area contributed by atoms with Crippen LogP contribution in [0.1, 0.15) is 24.2 Å². The molecule has 1 aromatic rings. The molecule has 1 aromatic carbocycles. The molecule has 0 aliphatic carbocycles. The second-order valence-electron chi connectivity index (χ2n) is 3.88. The fourth-order valence-electron chi connectivity index (χ4n) is 1.98. The normalized spacial score (nSPS) is 17.0. The Balaban J connectivity index is 2.53.